The Morgan fingerprint density at radius 2 is 1.95 bits per heavy atom. The van der Waals surface area contributed by atoms with Crippen molar-refractivity contribution in [2.75, 3.05) is 0 Å². The van der Waals surface area contributed by atoms with E-state index >= 15 is 0 Å². The summed E-state index contributed by atoms with van der Waals surface area (Å²) < 4.78 is 0.356. The largest absolute Gasteiger partial charge is 0.307 e. The van der Waals surface area contributed by atoms with Gasteiger partial charge in [0, 0.05) is 17.0 Å². The highest BCUT2D eigenvalue weighted by atomic mass is 35.6. The molecule has 0 aliphatic rings. The van der Waals surface area contributed by atoms with E-state index in [1.807, 2.05) is 32.0 Å². The fraction of sp³-hybridized carbons (Fsp3) is 0.357. The molecule has 0 atom stereocenters. The van der Waals surface area contributed by atoms with Crippen molar-refractivity contribution in [1.82, 2.24) is 4.57 Å². The number of alkyl halides is 3. The highest BCUT2D eigenvalue weighted by Crippen LogP contribution is 2.32. The Labute approximate surface area is 136 Å². The lowest BCUT2D eigenvalue weighted by Gasteiger charge is -2.10. The number of halogens is 3. The number of aromatic nitrogens is 1. The van der Waals surface area contributed by atoms with Crippen LogP contribution in [0.4, 0.5) is 0 Å². The van der Waals surface area contributed by atoms with Crippen molar-refractivity contribution in [2.24, 2.45) is 0 Å². The van der Waals surface area contributed by atoms with Crippen LogP contribution in [0.5, 0.6) is 0 Å². The molecule has 0 saturated carbocycles. The fourth-order valence-corrected chi connectivity index (χ4v) is 3.75. The number of hydrogen-bond donors (Lipinski definition) is 0. The topological polar surface area (TPSA) is 22.0 Å². The normalized spacial score (nSPS) is 11.8. The van der Waals surface area contributed by atoms with E-state index in [9.17, 15) is 4.79 Å². The minimum Gasteiger partial charge on any atom is -0.299 e. The Bertz CT molecular complexity index is 670. The zero-order valence-electron chi connectivity index (χ0n) is 11.1. The zero-order valence-corrected chi connectivity index (χ0v) is 14.2. The summed E-state index contributed by atoms with van der Waals surface area (Å²) in [5.74, 6) is 0. The second-order valence-electron chi connectivity index (χ2n) is 4.74. The first kappa shape index (κ1) is 15.9. The highest BCUT2D eigenvalue weighted by Gasteiger charge is 2.24. The molecule has 1 heterocycles. The van der Waals surface area contributed by atoms with Crippen LogP contribution in [-0.4, -0.2) is 8.36 Å². The molecule has 0 fully saturated rings. The maximum absolute atomic E-state index is 12.1. The summed E-state index contributed by atoms with van der Waals surface area (Å²) in [6, 6.07) is 8.09. The molecule has 0 amide bonds. The standard InChI is InChI=1S/C14H14Cl3NOS/c1-9-4-3-5-11(6-9)8-18-10(2)12(20-13(18)19)7-14(15,16)17/h3-6H,7-8H2,1-2H3. The SMILES string of the molecule is Cc1cccc(Cn2c(C)c(CC(Cl)(Cl)Cl)sc2=O)c1. The molecule has 0 aliphatic carbocycles. The predicted molar refractivity (Wildman–Crippen MR) is 87.6 cm³/mol. The Morgan fingerprint density at radius 3 is 2.55 bits per heavy atom. The number of nitrogens with zero attached hydrogens (tertiary/aromatic N) is 1. The van der Waals surface area contributed by atoms with E-state index in [-0.39, 0.29) is 11.3 Å². The summed E-state index contributed by atoms with van der Waals surface area (Å²) in [5.41, 5.74) is 3.13. The zero-order chi connectivity index (χ0) is 14.9. The Hall–Kier alpha value is -0.480. The van der Waals surface area contributed by atoms with Gasteiger partial charge in [-0.1, -0.05) is 76.0 Å². The fourth-order valence-electron chi connectivity index (χ4n) is 2.04. The molecule has 0 radical (unpaired) electrons. The Kier molecular flexibility index (Phi) is 4.85. The first-order valence-corrected chi connectivity index (χ1v) is 8.03. The van der Waals surface area contributed by atoms with E-state index < -0.39 is 3.79 Å². The van der Waals surface area contributed by atoms with E-state index in [0.717, 1.165) is 27.5 Å². The van der Waals surface area contributed by atoms with Crippen molar-refractivity contribution in [2.45, 2.75) is 30.6 Å². The van der Waals surface area contributed by atoms with Crippen LogP contribution in [0.1, 0.15) is 21.7 Å². The molecule has 2 rings (SSSR count). The number of benzene rings is 1. The van der Waals surface area contributed by atoms with Gasteiger partial charge in [0.15, 0.2) is 3.79 Å². The first-order chi connectivity index (χ1) is 9.26. The molecule has 0 spiro atoms. The lowest BCUT2D eigenvalue weighted by atomic mass is 10.1. The van der Waals surface area contributed by atoms with Gasteiger partial charge in [-0.3, -0.25) is 9.36 Å². The minimum absolute atomic E-state index is 0.0201. The second kappa shape index (κ2) is 6.10. The number of hydrogen-bond acceptors (Lipinski definition) is 2. The summed E-state index contributed by atoms with van der Waals surface area (Å²) in [4.78, 5) is 12.9. The summed E-state index contributed by atoms with van der Waals surface area (Å²) >= 11 is 18.6. The van der Waals surface area contributed by atoms with Crippen molar-refractivity contribution in [3.8, 4) is 0 Å². The molecule has 1 aromatic heterocycles. The third-order valence-corrected chi connectivity index (χ3v) is 4.51. The molecule has 0 aliphatic heterocycles. The average molecular weight is 351 g/mol. The molecule has 1 aromatic carbocycles. The van der Waals surface area contributed by atoms with Crippen molar-refractivity contribution in [3.63, 3.8) is 0 Å². The highest BCUT2D eigenvalue weighted by molar-refractivity contribution is 7.09. The van der Waals surface area contributed by atoms with Gasteiger partial charge in [0.25, 0.3) is 0 Å². The van der Waals surface area contributed by atoms with E-state index in [1.165, 1.54) is 5.56 Å². The molecule has 0 bridgehead atoms. The van der Waals surface area contributed by atoms with Crippen LogP contribution in [0.2, 0.25) is 0 Å². The van der Waals surface area contributed by atoms with Crippen molar-refractivity contribution >= 4 is 46.1 Å². The van der Waals surface area contributed by atoms with Crippen molar-refractivity contribution in [3.05, 3.63) is 55.6 Å². The lowest BCUT2D eigenvalue weighted by Crippen LogP contribution is -2.15. The third-order valence-electron chi connectivity index (χ3n) is 3.02. The minimum atomic E-state index is -1.37. The maximum atomic E-state index is 12.1. The van der Waals surface area contributed by atoms with Crippen LogP contribution in [0.15, 0.2) is 29.1 Å². The van der Waals surface area contributed by atoms with E-state index in [2.05, 4.69) is 6.07 Å². The second-order valence-corrected chi connectivity index (χ2v) is 8.31. The van der Waals surface area contributed by atoms with Gasteiger partial charge in [-0.05, 0) is 19.4 Å². The number of rotatable bonds is 3. The van der Waals surface area contributed by atoms with Crippen LogP contribution in [0.25, 0.3) is 0 Å². The van der Waals surface area contributed by atoms with Crippen LogP contribution >= 0.6 is 46.1 Å². The van der Waals surface area contributed by atoms with Crippen molar-refractivity contribution < 1.29 is 0 Å². The summed E-state index contributed by atoms with van der Waals surface area (Å²) in [5, 5.41) is 0. The maximum Gasteiger partial charge on any atom is 0.307 e. The van der Waals surface area contributed by atoms with Crippen LogP contribution in [0, 0.1) is 13.8 Å². The number of thiazole rings is 1. The average Bonchev–Trinajstić information content (AvgIpc) is 2.55. The smallest absolute Gasteiger partial charge is 0.299 e. The first-order valence-electron chi connectivity index (χ1n) is 6.07. The van der Waals surface area contributed by atoms with E-state index in [4.69, 9.17) is 34.8 Å². The van der Waals surface area contributed by atoms with Gasteiger partial charge < -0.3 is 0 Å². The quantitative estimate of drug-likeness (QED) is 0.748. The molecule has 2 nitrogen and oxygen atoms in total. The van der Waals surface area contributed by atoms with Crippen LogP contribution < -0.4 is 4.87 Å². The molecule has 6 heteroatoms. The number of aryl methyl sites for hydroxylation is 1. The monoisotopic (exact) mass is 349 g/mol. The molecule has 0 unspecified atom stereocenters. The molecular formula is C14H14Cl3NOS. The molecule has 2 aromatic rings. The van der Waals surface area contributed by atoms with Gasteiger partial charge in [0.2, 0.25) is 0 Å². The Morgan fingerprint density at radius 1 is 1.25 bits per heavy atom. The molecule has 0 saturated heterocycles. The molecule has 108 valence electrons. The summed E-state index contributed by atoms with van der Waals surface area (Å²) in [6.45, 7) is 4.46. The van der Waals surface area contributed by atoms with Gasteiger partial charge in [-0.2, -0.15) is 0 Å². The molecular weight excluding hydrogens is 337 g/mol. The van der Waals surface area contributed by atoms with E-state index in [1.54, 1.807) is 4.57 Å². The van der Waals surface area contributed by atoms with Crippen LogP contribution in [-0.2, 0) is 13.0 Å². The summed E-state index contributed by atoms with van der Waals surface area (Å²) in [7, 11) is 0. The summed E-state index contributed by atoms with van der Waals surface area (Å²) in [6.07, 6.45) is 0.254. The lowest BCUT2D eigenvalue weighted by molar-refractivity contribution is 0.746. The molecule has 0 N–H and O–H groups in total. The van der Waals surface area contributed by atoms with Crippen LogP contribution in [0.3, 0.4) is 0 Å². The van der Waals surface area contributed by atoms with Gasteiger partial charge in [-0.15, -0.1) is 0 Å². The van der Waals surface area contributed by atoms with Gasteiger partial charge in [0.05, 0.1) is 6.54 Å². The van der Waals surface area contributed by atoms with Gasteiger partial charge in [-0.25, -0.2) is 0 Å². The van der Waals surface area contributed by atoms with Crippen molar-refractivity contribution in [1.29, 1.82) is 0 Å². The predicted octanol–water partition coefficient (Wildman–Crippen LogP) is 4.49. The van der Waals surface area contributed by atoms with Gasteiger partial charge in [0.1, 0.15) is 0 Å². The Balaban J connectivity index is 2.31. The van der Waals surface area contributed by atoms with Gasteiger partial charge >= 0.3 is 4.87 Å². The van der Waals surface area contributed by atoms with E-state index in [0.29, 0.717) is 6.54 Å². The third kappa shape index (κ3) is 4.01. The molecule has 20 heavy (non-hydrogen) atoms.